The number of hydrogen-bond donors (Lipinski definition) is 2. The second kappa shape index (κ2) is 8.53. The Morgan fingerprint density at radius 2 is 1.75 bits per heavy atom. The summed E-state index contributed by atoms with van der Waals surface area (Å²) in [5.74, 6) is -0.941. The molecule has 1 unspecified atom stereocenters. The van der Waals surface area contributed by atoms with Crippen LogP contribution in [0, 0.1) is 5.82 Å². The Labute approximate surface area is 181 Å². The zero-order chi connectivity index (χ0) is 22.8. The van der Waals surface area contributed by atoms with Crippen molar-refractivity contribution in [1.82, 2.24) is 10.2 Å². The number of carbonyl (C=O) groups excluding carboxylic acids is 4. The molecule has 0 bridgehead atoms. The fourth-order valence-corrected chi connectivity index (χ4v) is 3.40. The number of fused-ring (bicyclic) bond motifs is 1. The van der Waals surface area contributed by atoms with Crippen molar-refractivity contribution in [3.05, 3.63) is 48.3 Å². The van der Waals surface area contributed by atoms with Gasteiger partial charge in [-0.25, -0.2) is 14.0 Å². The predicted octanol–water partition coefficient (Wildman–Crippen LogP) is 2.10. The number of amides is 6. The average Bonchev–Trinajstić information content (AvgIpc) is 2.97. The molecule has 0 saturated carbocycles. The fraction of sp³-hybridized carbons (Fsp3) is 0.238. The topological polar surface area (TPSA) is 117 Å². The van der Waals surface area contributed by atoms with Crippen LogP contribution in [0.1, 0.15) is 6.92 Å². The fourth-order valence-electron chi connectivity index (χ4n) is 3.40. The van der Waals surface area contributed by atoms with Gasteiger partial charge in [-0.3, -0.25) is 24.7 Å². The van der Waals surface area contributed by atoms with Crippen LogP contribution in [-0.2, 0) is 9.59 Å². The van der Waals surface area contributed by atoms with Crippen LogP contribution < -0.4 is 25.0 Å². The van der Waals surface area contributed by atoms with Crippen molar-refractivity contribution in [2.24, 2.45) is 0 Å². The normalized spacial score (nSPS) is 17.4. The van der Waals surface area contributed by atoms with Crippen LogP contribution >= 0.6 is 0 Å². The lowest BCUT2D eigenvalue weighted by atomic mass is 10.2. The van der Waals surface area contributed by atoms with Crippen LogP contribution in [0.3, 0.4) is 0 Å². The van der Waals surface area contributed by atoms with Gasteiger partial charge >= 0.3 is 12.1 Å². The number of anilines is 2. The number of ether oxygens (including phenoxy) is 2. The zero-order valence-electron chi connectivity index (χ0n) is 17.0. The first kappa shape index (κ1) is 21.1. The van der Waals surface area contributed by atoms with Gasteiger partial charge in [0.15, 0.2) is 11.5 Å². The molecule has 166 valence electrons. The minimum Gasteiger partial charge on any atom is -0.486 e. The summed E-state index contributed by atoms with van der Waals surface area (Å²) in [4.78, 5) is 51.5. The van der Waals surface area contributed by atoms with Crippen LogP contribution in [0.25, 0.3) is 0 Å². The van der Waals surface area contributed by atoms with E-state index in [9.17, 15) is 23.6 Å². The van der Waals surface area contributed by atoms with E-state index in [0.717, 1.165) is 21.9 Å². The maximum Gasteiger partial charge on any atom is 0.332 e. The van der Waals surface area contributed by atoms with Gasteiger partial charge in [-0.1, -0.05) is 0 Å². The number of hydrogen-bond acceptors (Lipinski definition) is 6. The van der Waals surface area contributed by atoms with E-state index in [2.05, 4.69) is 10.6 Å². The van der Waals surface area contributed by atoms with Crippen molar-refractivity contribution in [2.45, 2.75) is 13.0 Å². The number of imide groups is 2. The second-order valence-corrected chi connectivity index (χ2v) is 7.09. The number of halogens is 1. The second-order valence-electron chi connectivity index (χ2n) is 7.09. The standard InChI is InChI=1S/C21H19FN4O6/c1-12-19(28)25(21(30)26(12)15-5-2-13(22)3-6-15)11-18(27)24-20(29)23-14-4-7-16-17(10-14)32-9-8-31-16/h2-7,10,12H,8-9,11H2,1H3,(H2,23,24,27,29). The first-order valence-electron chi connectivity index (χ1n) is 9.74. The van der Waals surface area contributed by atoms with Gasteiger partial charge in [-0.15, -0.1) is 0 Å². The van der Waals surface area contributed by atoms with Crippen molar-refractivity contribution in [2.75, 3.05) is 30.0 Å². The highest BCUT2D eigenvalue weighted by Crippen LogP contribution is 2.32. The molecule has 4 rings (SSSR count). The van der Waals surface area contributed by atoms with Crippen LogP contribution in [0.4, 0.5) is 25.4 Å². The molecule has 2 aliphatic heterocycles. The van der Waals surface area contributed by atoms with Crippen molar-refractivity contribution in [3.63, 3.8) is 0 Å². The van der Waals surface area contributed by atoms with Crippen molar-refractivity contribution in [1.29, 1.82) is 0 Å². The van der Waals surface area contributed by atoms with Crippen LogP contribution in [0.15, 0.2) is 42.5 Å². The third-order valence-electron chi connectivity index (χ3n) is 4.91. The lowest BCUT2D eigenvalue weighted by Crippen LogP contribution is -2.44. The van der Waals surface area contributed by atoms with Gasteiger partial charge in [-0.05, 0) is 43.3 Å². The Balaban J connectivity index is 1.37. The van der Waals surface area contributed by atoms with Crippen molar-refractivity contribution < 1.29 is 33.0 Å². The first-order valence-corrected chi connectivity index (χ1v) is 9.74. The molecule has 2 aromatic carbocycles. The van der Waals surface area contributed by atoms with E-state index in [0.29, 0.717) is 36.1 Å². The number of nitrogens with one attached hydrogen (secondary N) is 2. The summed E-state index contributed by atoms with van der Waals surface area (Å²) < 4.78 is 24.0. The van der Waals surface area contributed by atoms with E-state index in [1.54, 1.807) is 18.2 Å². The lowest BCUT2D eigenvalue weighted by Gasteiger charge is -2.19. The highest BCUT2D eigenvalue weighted by Gasteiger charge is 2.44. The number of carbonyl (C=O) groups is 4. The first-order chi connectivity index (χ1) is 15.3. The third kappa shape index (κ3) is 4.17. The third-order valence-corrected chi connectivity index (χ3v) is 4.91. The van der Waals surface area contributed by atoms with Gasteiger partial charge in [0.2, 0.25) is 5.91 Å². The number of urea groups is 2. The van der Waals surface area contributed by atoms with Crippen LogP contribution in [0.5, 0.6) is 11.5 Å². The summed E-state index contributed by atoms with van der Waals surface area (Å²) in [6.45, 7) is 1.66. The average molecular weight is 442 g/mol. The van der Waals surface area contributed by atoms with Crippen molar-refractivity contribution >= 4 is 35.3 Å². The van der Waals surface area contributed by atoms with Crippen LogP contribution in [0.2, 0.25) is 0 Å². The molecule has 0 radical (unpaired) electrons. The molecule has 0 spiro atoms. The molecule has 1 atom stereocenters. The van der Waals surface area contributed by atoms with E-state index in [4.69, 9.17) is 9.47 Å². The molecule has 2 heterocycles. The van der Waals surface area contributed by atoms with E-state index in [1.807, 2.05) is 0 Å². The molecule has 10 nitrogen and oxygen atoms in total. The molecule has 32 heavy (non-hydrogen) atoms. The summed E-state index contributed by atoms with van der Waals surface area (Å²) >= 11 is 0. The molecular weight excluding hydrogens is 423 g/mol. The maximum atomic E-state index is 13.2. The lowest BCUT2D eigenvalue weighted by molar-refractivity contribution is -0.131. The Morgan fingerprint density at radius 1 is 1.06 bits per heavy atom. The number of nitrogens with zero attached hydrogens (tertiary/aromatic N) is 2. The summed E-state index contributed by atoms with van der Waals surface area (Å²) in [6, 6.07) is 7.34. The molecule has 2 aromatic rings. The summed E-state index contributed by atoms with van der Waals surface area (Å²) in [5.41, 5.74) is 0.681. The maximum absolute atomic E-state index is 13.2. The summed E-state index contributed by atoms with van der Waals surface area (Å²) in [6.07, 6.45) is 0. The Hall–Kier alpha value is -4.15. The quantitative estimate of drug-likeness (QED) is 0.701. The zero-order valence-corrected chi connectivity index (χ0v) is 17.0. The van der Waals surface area contributed by atoms with E-state index < -0.39 is 42.3 Å². The largest absolute Gasteiger partial charge is 0.486 e. The highest BCUT2D eigenvalue weighted by atomic mass is 19.1. The molecule has 0 aromatic heterocycles. The minimum absolute atomic E-state index is 0.316. The van der Waals surface area contributed by atoms with Gasteiger partial charge in [0.1, 0.15) is 31.6 Å². The summed E-state index contributed by atoms with van der Waals surface area (Å²) in [7, 11) is 0. The van der Waals surface area contributed by atoms with Gasteiger partial charge in [-0.2, -0.15) is 0 Å². The Bertz CT molecular complexity index is 1090. The molecule has 2 aliphatic rings. The predicted molar refractivity (Wildman–Crippen MR) is 110 cm³/mol. The smallest absolute Gasteiger partial charge is 0.332 e. The molecule has 6 amide bonds. The van der Waals surface area contributed by atoms with Crippen LogP contribution in [-0.4, -0.2) is 54.6 Å². The monoisotopic (exact) mass is 442 g/mol. The minimum atomic E-state index is -0.882. The molecule has 2 N–H and O–H groups in total. The van der Waals surface area contributed by atoms with E-state index >= 15 is 0 Å². The van der Waals surface area contributed by atoms with E-state index in [1.165, 1.54) is 19.1 Å². The Kier molecular flexibility index (Phi) is 5.63. The van der Waals surface area contributed by atoms with Gasteiger partial charge in [0.05, 0.1) is 0 Å². The molecule has 0 aliphatic carbocycles. The molecule has 1 fully saturated rings. The molecule has 1 saturated heterocycles. The van der Waals surface area contributed by atoms with Crippen molar-refractivity contribution in [3.8, 4) is 11.5 Å². The number of benzene rings is 2. The van der Waals surface area contributed by atoms with Gasteiger partial charge in [0.25, 0.3) is 5.91 Å². The number of rotatable bonds is 4. The Morgan fingerprint density at radius 3 is 2.47 bits per heavy atom. The highest BCUT2D eigenvalue weighted by molar-refractivity contribution is 6.16. The van der Waals surface area contributed by atoms with Gasteiger partial charge < -0.3 is 14.8 Å². The van der Waals surface area contributed by atoms with E-state index in [-0.39, 0.29) is 0 Å². The summed E-state index contributed by atoms with van der Waals surface area (Å²) in [5, 5.41) is 4.56. The SMILES string of the molecule is CC1C(=O)N(CC(=O)NC(=O)Nc2ccc3c(c2)OCCO3)C(=O)N1c1ccc(F)cc1. The molecule has 11 heteroatoms. The van der Waals surface area contributed by atoms with Gasteiger partial charge in [0, 0.05) is 17.4 Å². The molecular formula is C21H19FN4O6.